The van der Waals surface area contributed by atoms with Gasteiger partial charge in [-0.15, -0.1) is 0 Å². The van der Waals surface area contributed by atoms with E-state index in [1.807, 2.05) is 0 Å². The quantitative estimate of drug-likeness (QED) is 0.881. The fraction of sp³-hybridized carbons (Fsp3) is 0.682. The predicted molar refractivity (Wildman–Crippen MR) is 104 cm³/mol. The molecule has 3 nitrogen and oxygen atoms in total. The van der Waals surface area contributed by atoms with Crippen LogP contribution in [0.25, 0.3) is 0 Å². The van der Waals surface area contributed by atoms with Gasteiger partial charge in [0, 0.05) is 19.8 Å². The number of fused-ring (bicyclic) bond motifs is 2. The van der Waals surface area contributed by atoms with Crippen LogP contribution in [0, 0.1) is 5.92 Å². The lowest BCUT2D eigenvalue weighted by Gasteiger charge is -2.44. The predicted octanol–water partition coefficient (Wildman–Crippen LogP) is 4.43. The molecule has 1 aliphatic heterocycles. The first-order valence-electron chi connectivity index (χ1n) is 10.2. The average molecular weight is 343 g/mol. The van der Waals surface area contributed by atoms with E-state index >= 15 is 0 Å². The molecule has 3 heteroatoms. The van der Waals surface area contributed by atoms with Crippen LogP contribution in [0.4, 0.5) is 0 Å². The van der Waals surface area contributed by atoms with E-state index in [0.29, 0.717) is 0 Å². The number of carbonyl (C=O) groups is 1. The summed E-state index contributed by atoms with van der Waals surface area (Å²) < 4.78 is 0. The molecule has 0 bridgehead atoms. The van der Waals surface area contributed by atoms with Crippen LogP contribution in [0.2, 0.25) is 0 Å². The molecule has 1 saturated heterocycles. The molecule has 2 aliphatic carbocycles. The molecule has 1 aromatic carbocycles. The number of carbonyl (C=O) groups excluding carboxylic acids is 1. The van der Waals surface area contributed by atoms with Gasteiger partial charge in [-0.05, 0) is 69.2 Å². The molecule has 2 atom stereocenters. The van der Waals surface area contributed by atoms with E-state index in [1.54, 1.807) is 6.92 Å². The van der Waals surface area contributed by atoms with Crippen LogP contribution in [0.1, 0.15) is 77.4 Å². The van der Waals surface area contributed by atoms with Gasteiger partial charge in [0.25, 0.3) is 0 Å². The smallest absolute Gasteiger partial charge is 0.217 e. The first kappa shape index (κ1) is 17.1. The van der Waals surface area contributed by atoms with Gasteiger partial charge in [0.05, 0.1) is 6.04 Å². The van der Waals surface area contributed by atoms with E-state index < -0.39 is 0 Å². The Labute approximate surface area is 153 Å². The molecule has 0 aromatic heterocycles. The molecular formula is C22H34N2O. The summed E-state index contributed by atoms with van der Waals surface area (Å²) in [5.41, 5.74) is 3.13. The molecule has 2 fully saturated rings. The summed E-state index contributed by atoms with van der Waals surface area (Å²) in [5, 5.41) is 3.20. The van der Waals surface area contributed by atoms with Crippen LogP contribution in [0.3, 0.4) is 0 Å². The molecule has 1 saturated carbocycles. The molecule has 1 spiro atoms. The van der Waals surface area contributed by atoms with Gasteiger partial charge in [-0.25, -0.2) is 0 Å². The molecule has 1 heterocycles. The van der Waals surface area contributed by atoms with Crippen molar-refractivity contribution in [3.63, 3.8) is 0 Å². The summed E-state index contributed by atoms with van der Waals surface area (Å²) in [5.74, 6) is 1.00. The van der Waals surface area contributed by atoms with Crippen LogP contribution in [-0.2, 0) is 10.2 Å². The van der Waals surface area contributed by atoms with Crippen molar-refractivity contribution in [2.45, 2.75) is 76.3 Å². The number of nitrogens with zero attached hydrogens (tertiary/aromatic N) is 1. The van der Waals surface area contributed by atoms with Gasteiger partial charge in [0.2, 0.25) is 5.91 Å². The summed E-state index contributed by atoms with van der Waals surface area (Å²) >= 11 is 0. The Balaban J connectivity index is 0.00000196. The lowest BCUT2D eigenvalue weighted by molar-refractivity contribution is -0.119. The van der Waals surface area contributed by atoms with Crippen LogP contribution < -0.4 is 5.32 Å². The monoisotopic (exact) mass is 342 g/mol. The zero-order chi connectivity index (χ0) is 17.4. The Hall–Kier alpha value is -1.35. The number of nitrogens with one attached hydrogen (secondary N) is 1. The van der Waals surface area contributed by atoms with Crippen molar-refractivity contribution in [2.75, 3.05) is 13.1 Å². The Morgan fingerprint density at radius 2 is 1.92 bits per heavy atom. The highest BCUT2D eigenvalue weighted by atomic mass is 16.1. The number of hydrogen-bond acceptors (Lipinski definition) is 2. The Morgan fingerprint density at radius 1 is 1.24 bits per heavy atom. The van der Waals surface area contributed by atoms with E-state index in [1.165, 1.54) is 62.7 Å². The lowest BCUT2D eigenvalue weighted by Crippen LogP contribution is -2.47. The average Bonchev–Trinajstić information content (AvgIpc) is 3.23. The Bertz CT molecular complexity index is 633. The van der Waals surface area contributed by atoms with Crippen molar-refractivity contribution in [3.8, 4) is 0 Å². The zero-order valence-corrected chi connectivity index (χ0v) is 15.8. The van der Waals surface area contributed by atoms with Crippen LogP contribution in [-0.4, -0.2) is 29.9 Å². The van der Waals surface area contributed by atoms with Crippen LogP contribution >= 0.6 is 0 Å². The molecule has 1 N–H and O–H groups in total. The van der Waals surface area contributed by atoms with Gasteiger partial charge < -0.3 is 10.2 Å². The summed E-state index contributed by atoms with van der Waals surface area (Å²) in [6.07, 6.45) is 9.26. The maximum atomic E-state index is 11.6. The standard InChI is InChI=1S/C22H32N2O.H2/c1-16(18-7-3-4-8-18)24-13-11-22(12-14-24)15-21(23-17(2)25)19-9-5-6-10-20(19)22;/h5-6,9-10,16,18,21H,3-4,7-8,11-15H2,1-2H3,(H,23,25);1H/t16-,21+;/m1./s1. The van der Waals surface area contributed by atoms with Crippen molar-refractivity contribution in [2.24, 2.45) is 5.92 Å². The molecular weight excluding hydrogens is 308 g/mol. The van der Waals surface area contributed by atoms with E-state index in [2.05, 4.69) is 41.4 Å². The molecule has 1 aromatic rings. The number of benzene rings is 1. The highest BCUT2D eigenvalue weighted by molar-refractivity contribution is 5.73. The largest absolute Gasteiger partial charge is 0.349 e. The molecule has 4 rings (SSSR count). The highest BCUT2D eigenvalue weighted by Crippen LogP contribution is 2.51. The summed E-state index contributed by atoms with van der Waals surface area (Å²) in [4.78, 5) is 14.4. The maximum absolute atomic E-state index is 11.6. The number of piperidine rings is 1. The number of rotatable bonds is 3. The molecule has 25 heavy (non-hydrogen) atoms. The van der Waals surface area contributed by atoms with Gasteiger partial charge in [0.1, 0.15) is 0 Å². The van der Waals surface area contributed by atoms with Crippen molar-refractivity contribution in [1.29, 1.82) is 0 Å². The number of likely N-dealkylation sites (tertiary alicyclic amines) is 1. The summed E-state index contributed by atoms with van der Waals surface area (Å²) in [6.45, 7) is 6.51. The molecule has 0 unspecified atom stereocenters. The van der Waals surface area contributed by atoms with Gasteiger partial charge in [-0.1, -0.05) is 37.1 Å². The van der Waals surface area contributed by atoms with Crippen molar-refractivity contribution < 1.29 is 6.22 Å². The molecule has 3 aliphatic rings. The number of amides is 1. The lowest BCUT2D eigenvalue weighted by atomic mass is 9.73. The summed E-state index contributed by atoms with van der Waals surface area (Å²) in [7, 11) is 0. The Kier molecular flexibility index (Phi) is 4.61. The normalized spacial score (nSPS) is 27.4. The van der Waals surface area contributed by atoms with Crippen LogP contribution in [0.15, 0.2) is 24.3 Å². The molecule has 1 amide bonds. The fourth-order valence-electron chi connectivity index (χ4n) is 5.84. The molecule has 138 valence electrons. The second-order valence-corrected chi connectivity index (χ2v) is 8.65. The third-order valence-corrected chi connectivity index (χ3v) is 7.29. The second-order valence-electron chi connectivity index (χ2n) is 8.65. The first-order valence-corrected chi connectivity index (χ1v) is 10.2. The zero-order valence-electron chi connectivity index (χ0n) is 15.8. The second kappa shape index (κ2) is 6.75. The minimum Gasteiger partial charge on any atom is -0.349 e. The van der Waals surface area contributed by atoms with E-state index in [-0.39, 0.29) is 18.8 Å². The fourth-order valence-corrected chi connectivity index (χ4v) is 5.84. The van der Waals surface area contributed by atoms with E-state index in [9.17, 15) is 4.79 Å². The van der Waals surface area contributed by atoms with Crippen molar-refractivity contribution in [1.82, 2.24) is 10.2 Å². The van der Waals surface area contributed by atoms with E-state index in [0.717, 1.165) is 18.4 Å². The van der Waals surface area contributed by atoms with Crippen LogP contribution in [0.5, 0.6) is 0 Å². The SMILES string of the molecule is CC(=O)N[C@H]1CC2(CCN([C@H](C)C3CCCC3)CC2)c2ccccc21.[HH]. The van der Waals surface area contributed by atoms with Crippen molar-refractivity contribution in [3.05, 3.63) is 35.4 Å². The maximum Gasteiger partial charge on any atom is 0.217 e. The minimum atomic E-state index is 0. The minimum absolute atomic E-state index is 0. The third-order valence-electron chi connectivity index (χ3n) is 7.29. The third kappa shape index (κ3) is 3.12. The first-order chi connectivity index (χ1) is 12.1. The summed E-state index contributed by atoms with van der Waals surface area (Å²) in [6, 6.07) is 9.76. The van der Waals surface area contributed by atoms with Gasteiger partial charge in [-0.3, -0.25) is 4.79 Å². The van der Waals surface area contributed by atoms with Gasteiger partial charge in [-0.2, -0.15) is 0 Å². The number of hydrogen-bond donors (Lipinski definition) is 1. The molecule has 0 radical (unpaired) electrons. The van der Waals surface area contributed by atoms with Crippen molar-refractivity contribution >= 4 is 5.91 Å². The highest BCUT2D eigenvalue weighted by Gasteiger charge is 2.46. The van der Waals surface area contributed by atoms with Gasteiger partial charge in [0.15, 0.2) is 0 Å². The Morgan fingerprint density at radius 3 is 2.60 bits per heavy atom. The van der Waals surface area contributed by atoms with E-state index in [4.69, 9.17) is 0 Å². The van der Waals surface area contributed by atoms with Gasteiger partial charge >= 0.3 is 0 Å². The topological polar surface area (TPSA) is 32.3 Å².